The van der Waals surface area contributed by atoms with Crippen LogP contribution >= 0.6 is 12.6 Å². The monoisotopic (exact) mass is 231 g/mol. The predicted molar refractivity (Wildman–Crippen MR) is 64.2 cm³/mol. The Morgan fingerprint density at radius 2 is 2.13 bits per heavy atom. The summed E-state index contributed by atoms with van der Waals surface area (Å²) in [6.07, 6.45) is 2.18. The largest absolute Gasteiger partial charge is 0.469 e. The van der Waals surface area contributed by atoms with Gasteiger partial charge < -0.3 is 9.64 Å². The fourth-order valence-electron chi connectivity index (χ4n) is 2.24. The van der Waals surface area contributed by atoms with Crippen molar-refractivity contribution < 1.29 is 9.53 Å². The quantitative estimate of drug-likeness (QED) is 0.586. The molecule has 0 saturated carbocycles. The smallest absolute Gasteiger partial charge is 0.309 e. The molecule has 0 aliphatic carbocycles. The van der Waals surface area contributed by atoms with Gasteiger partial charge in [0.1, 0.15) is 0 Å². The highest BCUT2D eigenvalue weighted by Gasteiger charge is 2.30. The van der Waals surface area contributed by atoms with Gasteiger partial charge in [0.05, 0.1) is 13.0 Å². The second kappa shape index (κ2) is 6.38. The molecular formula is C11H21NO2S. The minimum Gasteiger partial charge on any atom is -0.469 e. The van der Waals surface area contributed by atoms with Crippen LogP contribution < -0.4 is 0 Å². The summed E-state index contributed by atoms with van der Waals surface area (Å²) >= 11 is 4.25. The molecule has 0 bridgehead atoms. The zero-order chi connectivity index (χ0) is 11.3. The Kier molecular flexibility index (Phi) is 5.47. The van der Waals surface area contributed by atoms with Gasteiger partial charge in [-0.15, -0.1) is 0 Å². The van der Waals surface area contributed by atoms with E-state index < -0.39 is 0 Å². The fourth-order valence-corrected chi connectivity index (χ4v) is 2.69. The van der Waals surface area contributed by atoms with Crippen molar-refractivity contribution in [1.29, 1.82) is 0 Å². The van der Waals surface area contributed by atoms with E-state index in [0.29, 0.717) is 11.7 Å². The molecule has 1 heterocycles. The number of rotatable bonds is 4. The van der Waals surface area contributed by atoms with Gasteiger partial charge in [0, 0.05) is 5.75 Å². The number of methoxy groups -OCH3 is 1. The molecule has 1 rings (SSSR count). The third-order valence-corrected chi connectivity index (χ3v) is 3.74. The molecule has 0 aromatic carbocycles. The molecule has 88 valence electrons. The zero-order valence-corrected chi connectivity index (χ0v) is 10.5. The maximum atomic E-state index is 11.5. The molecule has 0 N–H and O–H groups in total. The number of hydrogen-bond donors (Lipinski definition) is 1. The first-order valence-electron chi connectivity index (χ1n) is 5.64. The first kappa shape index (κ1) is 12.8. The van der Waals surface area contributed by atoms with E-state index in [4.69, 9.17) is 4.74 Å². The summed E-state index contributed by atoms with van der Waals surface area (Å²) in [7, 11) is 1.46. The van der Waals surface area contributed by atoms with E-state index in [1.165, 1.54) is 7.11 Å². The maximum absolute atomic E-state index is 11.5. The van der Waals surface area contributed by atoms with Crippen molar-refractivity contribution in [2.75, 3.05) is 32.5 Å². The summed E-state index contributed by atoms with van der Waals surface area (Å²) in [5.41, 5.74) is 0. The summed E-state index contributed by atoms with van der Waals surface area (Å²) in [6.45, 7) is 5.48. The van der Waals surface area contributed by atoms with E-state index in [0.717, 1.165) is 32.5 Å². The number of carbonyl (C=O) groups excluding carboxylic acids is 1. The van der Waals surface area contributed by atoms with Gasteiger partial charge in [0.15, 0.2) is 0 Å². The average Bonchev–Trinajstić information content (AvgIpc) is 2.30. The number of thiol groups is 1. The molecule has 4 heteroatoms. The summed E-state index contributed by atoms with van der Waals surface area (Å²) in [5, 5.41) is 0. The van der Waals surface area contributed by atoms with Gasteiger partial charge in [-0.05, 0) is 38.4 Å². The molecule has 15 heavy (non-hydrogen) atoms. The van der Waals surface area contributed by atoms with E-state index in [-0.39, 0.29) is 11.9 Å². The van der Waals surface area contributed by atoms with Crippen molar-refractivity contribution in [1.82, 2.24) is 4.90 Å². The van der Waals surface area contributed by atoms with Crippen LogP contribution in [0.3, 0.4) is 0 Å². The van der Waals surface area contributed by atoms with Gasteiger partial charge in [0.2, 0.25) is 0 Å². The van der Waals surface area contributed by atoms with Gasteiger partial charge in [-0.2, -0.15) is 12.6 Å². The zero-order valence-electron chi connectivity index (χ0n) is 9.61. The Balaban J connectivity index is 2.46. The number of hydrogen-bond acceptors (Lipinski definition) is 4. The SMILES string of the molecule is CCN1CCC(C(CS)C(=O)OC)CC1. The molecule has 0 aromatic heterocycles. The topological polar surface area (TPSA) is 29.5 Å². The lowest BCUT2D eigenvalue weighted by Crippen LogP contribution is -2.38. The van der Waals surface area contributed by atoms with Gasteiger partial charge in [-0.1, -0.05) is 6.92 Å². The molecule has 1 fully saturated rings. The Morgan fingerprint density at radius 3 is 2.53 bits per heavy atom. The first-order valence-corrected chi connectivity index (χ1v) is 6.27. The molecule has 1 unspecified atom stereocenters. The van der Waals surface area contributed by atoms with Crippen molar-refractivity contribution in [2.24, 2.45) is 11.8 Å². The highest BCUT2D eigenvalue weighted by molar-refractivity contribution is 7.80. The minimum absolute atomic E-state index is 0.0164. The van der Waals surface area contributed by atoms with Crippen LogP contribution in [0, 0.1) is 11.8 Å². The van der Waals surface area contributed by atoms with Crippen LogP contribution in [0.2, 0.25) is 0 Å². The van der Waals surface area contributed by atoms with E-state index in [9.17, 15) is 4.79 Å². The Labute approximate surface area is 97.6 Å². The number of likely N-dealkylation sites (tertiary alicyclic amines) is 1. The average molecular weight is 231 g/mol. The second-order valence-corrected chi connectivity index (χ2v) is 4.45. The van der Waals surface area contributed by atoms with Crippen molar-refractivity contribution in [3.63, 3.8) is 0 Å². The van der Waals surface area contributed by atoms with Crippen LogP contribution in [-0.2, 0) is 9.53 Å². The van der Waals surface area contributed by atoms with Gasteiger partial charge in [0.25, 0.3) is 0 Å². The fraction of sp³-hybridized carbons (Fsp3) is 0.909. The van der Waals surface area contributed by atoms with Crippen molar-refractivity contribution in [3.8, 4) is 0 Å². The molecule has 3 nitrogen and oxygen atoms in total. The Morgan fingerprint density at radius 1 is 1.53 bits per heavy atom. The standard InChI is InChI=1S/C11H21NO2S/c1-3-12-6-4-9(5-7-12)10(8-15)11(13)14-2/h9-10,15H,3-8H2,1-2H3. The van der Waals surface area contributed by atoms with Crippen LogP contribution in [0.5, 0.6) is 0 Å². The van der Waals surface area contributed by atoms with Crippen LogP contribution in [0.1, 0.15) is 19.8 Å². The third kappa shape index (κ3) is 3.38. The molecule has 0 amide bonds. The van der Waals surface area contributed by atoms with E-state index in [1.54, 1.807) is 0 Å². The molecule has 1 saturated heterocycles. The third-order valence-electron chi connectivity index (χ3n) is 3.35. The lowest BCUT2D eigenvalue weighted by molar-refractivity contribution is -0.147. The number of ether oxygens (including phenoxy) is 1. The molecule has 1 aliphatic rings. The Bertz CT molecular complexity index is 203. The molecule has 0 spiro atoms. The minimum atomic E-state index is -0.0973. The molecule has 1 atom stereocenters. The summed E-state index contributed by atoms with van der Waals surface area (Å²) in [4.78, 5) is 13.9. The predicted octanol–water partition coefficient (Wildman–Crippen LogP) is 1.44. The van der Waals surface area contributed by atoms with Crippen molar-refractivity contribution in [3.05, 3.63) is 0 Å². The maximum Gasteiger partial charge on any atom is 0.309 e. The number of carbonyl (C=O) groups is 1. The molecule has 0 radical (unpaired) electrons. The van der Waals surface area contributed by atoms with Crippen LogP contribution in [0.25, 0.3) is 0 Å². The van der Waals surface area contributed by atoms with Gasteiger partial charge >= 0.3 is 5.97 Å². The number of piperidine rings is 1. The van der Waals surface area contributed by atoms with Crippen LogP contribution in [-0.4, -0.2) is 43.4 Å². The van der Waals surface area contributed by atoms with Crippen LogP contribution in [0.4, 0.5) is 0 Å². The van der Waals surface area contributed by atoms with Crippen molar-refractivity contribution in [2.45, 2.75) is 19.8 Å². The number of nitrogens with zero attached hydrogens (tertiary/aromatic N) is 1. The Hall–Kier alpha value is -0.220. The van der Waals surface area contributed by atoms with E-state index >= 15 is 0 Å². The lowest BCUT2D eigenvalue weighted by Gasteiger charge is -2.33. The van der Waals surface area contributed by atoms with E-state index in [1.807, 2.05) is 0 Å². The molecular weight excluding hydrogens is 210 g/mol. The summed E-state index contributed by atoms with van der Waals surface area (Å²) in [6, 6.07) is 0. The lowest BCUT2D eigenvalue weighted by atomic mass is 9.85. The molecule has 0 aromatic rings. The summed E-state index contributed by atoms with van der Waals surface area (Å²) < 4.78 is 4.81. The highest BCUT2D eigenvalue weighted by Crippen LogP contribution is 2.26. The second-order valence-electron chi connectivity index (χ2n) is 4.08. The molecule has 1 aliphatic heterocycles. The normalized spacial score (nSPS) is 21.3. The van der Waals surface area contributed by atoms with E-state index in [2.05, 4.69) is 24.5 Å². The summed E-state index contributed by atoms with van der Waals surface area (Å²) in [5.74, 6) is 0.943. The number of esters is 1. The van der Waals surface area contributed by atoms with Crippen LogP contribution in [0.15, 0.2) is 0 Å². The highest BCUT2D eigenvalue weighted by atomic mass is 32.1. The van der Waals surface area contributed by atoms with Gasteiger partial charge in [-0.25, -0.2) is 0 Å². The van der Waals surface area contributed by atoms with Gasteiger partial charge in [-0.3, -0.25) is 4.79 Å². The van der Waals surface area contributed by atoms with Crippen molar-refractivity contribution >= 4 is 18.6 Å². The first-order chi connectivity index (χ1) is 7.22.